The van der Waals surface area contributed by atoms with Gasteiger partial charge in [-0.3, -0.25) is 15.0 Å². The van der Waals surface area contributed by atoms with Gasteiger partial charge in [-0.05, 0) is 37.3 Å². The van der Waals surface area contributed by atoms with Gasteiger partial charge in [0.1, 0.15) is 12.1 Å². The van der Waals surface area contributed by atoms with Crippen molar-refractivity contribution >= 4 is 28.3 Å². The molecule has 1 aromatic carbocycles. The van der Waals surface area contributed by atoms with Gasteiger partial charge in [0.05, 0.1) is 17.9 Å². The number of hydrogen-bond acceptors (Lipinski definition) is 7. The van der Waals surface area contributed by atoms with Crippen LogP contribution in [-0.2, 0) is 0 Å². The first-order valence-corrected chi connectivity index (χ1v) is 11.4. The minimum Gasteiger partial charge on any atom is -0.384 e. The predicted molar refractivity (Wildman–Crippen MR) is 124 cm³/mol. The third-order valence-electron chi connectivity index (χ3n) is 7.28. The number of nitrogen functional groups attached to an aromatic ring is 1. The number of piperidine rings is 1. The Morgan fingerprint density at radius 3 is 2.71 bits per heavy atom. The minimum atomic E-state index is -0.0707. The quantitative estimate of drug-likeness (QED) is 0.379. The first-order valence-electron chi connectivity index (χ1n) is 11.4. The fourth-order valence-electron chi connectivity index (χ4n) is 5.70. The Morgan fingerprint density at radius 2 is 1.91 bits per heavy atom. The van der Waals surface area contributed by atoms with E-state index in [1.54, 1.807) is 10.7 Å². The highest BCUT2D eigenvalue weighted by Gasteiger charge is 2.45. The highest BCUT2D eigenvalue weighted by atomic mass is 16.2. The van der Waals surface area contributed by atoms with E-state index in [9.17, 15) is 4.79 Å². The molecule has 2 saturated heterocycles. The fraction of sp³-hybridized carbons (Fsp3) is 0.304. The molecule has 4 aromatic heterocycles. The van der Waals surface area contributed by atoms with Crippen molar-refractivity contribution < 1.29 is 4.79 Å². The van der Waals surface area contributed by atoms with Crippen molar-refractivity contribution in [2.24, 2.45) is 0 Å². The number of nitrogens with one attached hydrogen (secondary N) is 2. The van der Waals surface area contributed by atoms with E-state index in [0.717, 1.165) is 59.1 Å². The van der Waals surface area contributed by atoms with E-state index in [0.29, 0.717) is 11.6 Å². The number of anilines is 1. The van der Waals surface area contributed by atoms with Crippen molar-refractivity contribution in [1.82, 2.24) is 44.9 Å². The third kappa shape index (κ3) is 2.82. The number of aromatic amines is 2. The van der Waals surface area contributed by atoms with Crippen molar-refractivity contribution in [2.45, 2.75) is 43.7 Å². The third-order valence-corrected chi connectivity index (χ3v) is 7.28. The van der Waals surface area contributed by atoms with E-state index >= 15 is 0 Å². The number of fused-ring (bicyclic) bond motifs is 4. The van der Waals surface area contributed by atoms with Crippen LogP contribution in [0.2, 0.25) is 0 Å². The van der Waals surface area contributed by atoms with Gasteiger partial charge in [-0.25, -0.2) is 9.97 Å². The Morgan fingerprint density at radius 1 is 1.06 bits per heavy atom. The smallest absolute Gasteiger partial charge is 0.291 e. The lowest BCUT2D eigenvalue weighted by Gasteiger charge is -2.38. The summed E-state index contributed by atoms with van der Waals surface area (Å²) < 4.78 is 1.69. The van der Waals surface area contributed by atoms with E-state index < -0.39 is 0 Å². The molecule has 4 N–H and O–H groups in total. The normalized spacial score (nSPS) is 22.1. The van der Waals surface area contributed by atoms with E-state index in [-0.39, 0.29) is 23.9 Å². The van der Waals surface area contributed by atoms with Gasteiger partial charge in [0.25, 0.3) is 5.91 Å². The molecule has 0 aliphatic carbocycles. The summed E-state index contributed by atoms with van der Waals surface area (Å²) in [6.07, 6.45) is 8.66. The van der Waals surface area contributed by atoms with Gasteiger partial charge in [-0.2, -0.15) is 19.8 Å². The molecule has 7 rings (SSSR count). The monoisotopic (exact) mass is 454 g/mol. The molecule has 5 aromatic rings. The van der Waals surface area contributed by atoms with Crippen LogP contribution in [0.15, 0.2) is 43.0 Å². The van der Waals surface area contributed by atoms with Crippen molar-refractivity contribution in [2.75, 3.05) is 5.73 Å². The largest absolute Gasteiger partial charge is 0.384 e. The van der Waals surface area contributed by atoms with Gasteiger partial charge in [-0.1, -0.05) is 12.1 Å². The molecule has 6 heterocycles. The lowest BCUT2D eigenvalue weighted by molar-refractivity contribution is 0.0557. The van der Waals surface area contributed by atoms with Gasteiger partial charge >= 0.3 is 0 Å². The lowest BCUT2D eigenvalue weighted by Crippen LogP contribution is -2.46. The van der Waals surface area contributed by atoms with E-state index in [4.69, 9.17) is 10.7 Å². The number of nitrogens with zero attached hydrogens (tertiary/aromatic N) is 7. The predicted octanol–water partition coefficient (Wildman–Crippen LogP) is 2.52. The Kier molecular flexibility index (Phi) is 4.02. The summed E-state index contributed by atoms with van der Waals surface area (Å²) in [7, 11) is 0. The summed E-state index contributed by atoms with van der Waals surface area (Å²) in [4.78, 5) is 24.1. The van der Waals surface area contributed by atoms with E-state index in [2.05, 4.69) is 36.5 Å². The number of carbonyl (C=O) groups is 1. The van der Waals surface area contributed by atoms with Gasteiger partial charge in [0, 0.05) is 40.7 Å². The van der Waals surface area contributed by atoms with Crippen molar-refractivity contribution in [3.05, 3.63) is 54.5 Å². The zero-order chi connectivity index (χ0) is 22.8. The summed E-state index contributed by atoms with van der Waals surface area (Å²) in [6, 6.07) is 8.38. The molecule has 0 unspecified atom stereocenters. The highest BCUT2D eigenvalue weighted by molar-refractivity contribution is 5.91. The zero-order valence-corrected chi connectivity index (χ0v) is 18.2. The van der Waals surface area contributed by atoms with Crippen molar-refractivity contribution in [3.63, 3.8) is 0 Å². The molecule has 0 radical (unpaired) electrons. The van der Waals surface area contributed by atoms with Gasteiger partial charge in [0.15, 0.2) is 5.65 Å². The number of rotatable bonds is 3. The molecule has 11 heteroatoms. The summed E-state index contributed by atoms with van der Waals surface area (Å²) in [6.45, 7) is 0. The Labute approximate surface area is 193 Å². The second-order valence-corrected chi connectivity index (χ2v) is 9.17. The standard InChI is InChI=1S/C23H22N10O/c24-20-8-18(14-5-15-3-4-16(6-14)32(15)23(34)21-25-11-27-31-21)29-22-17(10-28-33(20)22)12-1-2-13-9-26-30-19(13)7-12/h1-2,7-11,14-16H,3-6,24H2,(H,26,30)(H,25,27,31)/t15-,16-/m1/s1. The number of amides is 1. The first kappa shape index (κ1) is 19.2. The molecule has 2 atom stereocenters. The number of hydrogen-bond donors (Lipinski definition) is 3. The average molecular weight is 454 g/mol. The molecular weight excluding hydrogens is 432 g/mol. The Hall–Kier alpha value is -4.28. The SMILES string of the molecule is Nc1cc(C2C[C@H]3CC[C@H](C2)N3C(=O)c2ncn[nH]2)nc2c(-c3ccc4cn[nH]c4c3)cnn12. The number of nitrogens with two attached hydrogens (primary N) is 1. The van der Waals surface area contributed by atoms with Crippen molar-refractivity contribution in [3.8, 4) is 11.1 Å². The van der Waals surface area contributed by atoms with Crippen LogP contribution >= 0.6 is 0 Å². The van der Waals surface area contributed by atoms with Gasteiger partial charge in [0.2, 0.25) is 5.82 Å². The number of aromatic nitrogens is 8. The maximum atomic E-state index is 13.0. The summed E-state index contributed by atoms with van der Waals surface area (Å²) >= 11 is 0. The second kappa shape index (κ2) is 7.11. The molecule has 1 amide bonds. The molecule has 170 valence electrons. The average Bonchev–Trinajstić information content (AvgIpc) is 3.64. The lowest BCUT2D eigenvalue weighted by atomic mass is 9.87. The number of H-pyrrole nitrogens is 2. The number of benzene rings is 1. The molecule has 2 fully saturated rings. The Bertz CT molecular complexity index is 1520. The van der Waals surface area contributed by atoms with Crippen molar-refractivity contribution in [1.29, 1.82) is 0 Å². The zero-order valence-electron chi connectivity index (χ0n) is 18.2. The van der Waals surface area contributed by atoms with Crippen LogP contribution in [0, 0.1) is 0 Å². The first-order chi connectivity index (χ1) is 16.7. The molecule has 0 spiro atoms. The van der Waals surface area contributed by atoms with Crippen LogP contribution in [0.4, 0.5) is 5.82 Å². The topological polar surface area (TPSA) is 147 Å². The van der Waals surface area contributed by atoms with E-state index in [1.165, 1.54) is 6.33 Å². The summed E-state index contributed by atoms with van der Waals surface area (Å²) in [5.41, 5.74) is 11.0. The maximum Gasteiger partial charge on any atom is 0.291 e. The maximum absolute atomic E-state index is 13.0. The molecule has 2 bridgehead atoms. The Balaban J connectivity index is 1.23. The fourth-order valence-corrected chi connectivity index (χ4v) is 5.70. The molecule has 2 aliphatic heterocycles. The molecule has 2 aliphatic rings. The molecule has 11 nitrogen and oxygen atoms in total. The number of carbonyl (C=O) groups excluding carboxylic acids is 1. The van der Waals surface area contributed by atoms with E-state index in [1.807, 2.05) is 29.3 Å². The van der Waals surface area contributed by atoms with Crippen LogP contribution in [-0.4, -0.2) is 62.9 Å². The summed E-state index contributed by atoms with van der Waals surface area (Å²) in [5, 5.41) is 19.2. The molecule has 34 heavy (non-hydrogen) atoms. The second-order valence-electron chi connectivity index (χ2n) is 9.17. The van der Waals surface area contributed by atoms with Crippen LogP contribution in [0.5, 0.6) is 0 Å². The summed E-state index contributed by atoms with van der Waals surface area (Å²) in [5.74, 6) is 1.01. The highest BCUT2D eigenvalue weighted by Crippen LogP contribution is 2.43. The molecule has 0 saturated carbocycles. The van der Waals surface area contributed by atoms with Crippen LogP contribution < -0.4 is 5.73 Å². The van der Waals surface area contributed by atoms with Crippen LogP contribution in [0.25, 0.3) is 27.7 Å². The minimum absolute atomic E-state index is 0.0707. The van der Waals surface area contributed by atoms with Crippen LogP contribution in [0.3, 0.4) is 0 Å². The van der Waals surface area contributed by atoms with Gasteiger partial charge in [-0.15, -0.1) is 0 Å². The van der Waals surface area contributed by atoms with Gasteiger partial charge < -0.3 is 10.6 Å². The molecular formula is C23H22N10O. The van der Waals surface area contributed by atoms with Crippen LogP contribution in [0.1, 0.15) is 47.9 Å².